The lowest BCUT2D eigenvalue weighted by molar-refractivity contribution is -0.152. The number of nitrogens with one attached hydrogen (secondary N) is 2. The summed E-state index contributed by atoms with van der Waals surface area (Å²) in [6.07, 6.45) is 2.35. The molecule has 7 nitrogen and oxygen atoms in total. The minimum absolute atomic E-state index is 0.141. The van der Waals surface area contributed by atoms with Crippen molar-refractivity contribution in [1.29, 1.82) is 0 Å². The molecule has 154 valence electrons. The van der Waals surface area contributed by atoms with E-state index in [9.17, 15) is 14.7 Å². The fraction of sp³-hybridized carbons (Fsp3) is 0.364. The van der Waals surface area contributed by atoms with Crippen molar-refractivity contribution >= 4 is 17.6 Å². The van der Waals surface area contributed by atoms with Crippen LogP contribution < -0.4 is 15.4 Å². The first-order valence-electron chi connectivity index (χ1n) is 9.70. The number of phenols is 1. The van der Waals surface area contributed by atoms with Crippen molar-refractivity contribution in [3.05, 3.63) is 47.0 Å². The molecule has 1 amide bonds. The second kappa shape index (κ2) is 8.96. The molecular formula is C22H26N2O5. The predicted octanol–water partition coefficient (Wildman–Crippen LogP) is 3.55. The average Bonchev–Trinajstić information content (AvgIpc) is 3.49. The van der Waals surface area contributed by atoms with Crippen molar-refractivity contribution in [2.75, 3.05) is 11.9 Å². The van der Waals surface area contributed by atoms with Gasteiger partial charge in [0.25, 0.3) is 0 Å². The molecule has 0 bridgehead atoms. The summed E-state index contributed by atoms with van der Waals surface area (Å²) in [5.74, 6) is -0.225. The quantitative estimate of drug-likeness (QED) is 0.487. The summed E-state index contributed by atoms with van der Waals surface area (Å²) < 4.78 is 10.8. The lowest BCUT2D eigenvalue weighted by Crippen LogP contribution is -2.25. The zero-order valence-electron chi connectivity index (χ0n) is 16.9. The van der Waals surface area contributed by atoms with Crippen LogP contribution in [-0.2, 0) is 20.9 Å². The maximum Gasteiger partial charge on any atom is 0.397 e. The van der Waals surface area contributed by atoms with E-state index in [0.717, 1.165) is 16.7 Å². The van der Waals surface area contributed by atoms with Gasteiger partial charge in [-0.3, -0.25) is 4.79 Å². The number of carbonyl (C=O) groups excluding carboxylic acids is 2. The van der Waals surface area contributed by atoms with Crippen LogP contribution in [0.4, 0.5) is 5.69 Å². The van der Waals surface area contributed by atoms with Crippen LogP contribution in [0.15, 0.2) is 30.3 Å². The smallest absolute Gasteiger partial charge is 0.397 e. The molecule has 0 aromatic heterocycles. The van der Waals surface area contributed by atoms with Crippen LogP contribution >= 0.6 is 0 Å². The van der Waals surface area contributed by atoms with Gasteiger partial charge in [-0.05, 0) is 75.1 Å². The van der Waals surface area contributed by atoms with E-state index >= 15 is 0 Å². The largest absolute Gasteiger partial charge is 0.508 e. The van der Waals surface area contributed by atoms with E-state index < -0.39 is 11.9 Å². The average molecular weight is 398 g/mol. The third-order valence-electron chi connectivity index (χ3n) is 4.61. The highest BCUT2D eigenvalue weighted by atomic mass is 16.5. The molecule has 1 saturated carbocycles. The van der Waals surface area contributed by atoms with Crippen LogP contribution in [0.5, 0.6) is 17.2 Å². The van der Waals surface area contributed by atoms with Crippen LogP contribution in [0.25, 0.3) is 0 Å². The number of hydrogen-bond donors (Lipinski definition) is 3. The van der Waals surface area contributed by atoms with Crippen molar-refractivity contribution in [3.63, 3.8) is 0 Å². The second-order valence-corrected chi connectivity index (χ2v) is 7.16. The summed E-state index contributed by atoms with van der Waals surface area (Å²) >= 11 is 0. The minimum Gasteiger partial charge on any atom is -0.508 e. The molecule has 29 heavy (non-hydrogen) atoms. The van der Waals surface area contributed by atoms with Gasteiger partial charge < -0.3 is 25.2 Å². The molecule has 0 heterocycles. The van der Waals surface area contributed by atoms with E-state index in [1.807, 2.05) is 19.9 Å². The highest BCUT2D eigenvalue weighted by Gasteiger charge is 2.21. The molecule has 2 aromatic carbocycles. The Hall–Kier alpha value is -3.06. The maximum atomic E-state index is 11.8. The van der Waals surface area contributed by atoms with Crippen molar-refractivity contribution in [2.45, 2.75) is 46.2 Å². The number of rotatable bonds is 7. The molecular weight excluding hydrogens is 372 g/mol. The minimum atomic E-state index is -0.917. The number of aromatic hydroxyl groups is 1. The summed E-state index contributed by atoms with van der Waals surface area (Å²) in [7, 11) is 0. The van der Waals surface area contributed by atoms with Crippen molar-refractivity contribution < 1.29 is 24.2 Å². The standard InChI is InChI=1S/C22H26N2O5/c1-4-28-22(27)21(26)24-17-9-13(2)20(14(3)10-17)29-18-7-8-19(25)15(11-18)12-23-16-5-6-16/h7-11,16,23,25H,4-6,12H2,1-3H3,(H,24,26). The number of amides is 1. The Bertz CT molecular complexity index is 898. The third kappa shape index (κ3) is 5.48. The predicted molar refractivity (Wildman–Crippen MR) is 109 cm³/mol. The molecule has 1 aliphatic carbocycles. The molecule has 1 fully saturated rings. The molecule has 0 radical (unpaired) electrons. The van der Waals surface area contributed by atoms with Gasteiger partial charge in [0.05, 0.1) is 6.61 Å². The summed E-state index contributed by atoms with van der Waals surface area (Å²) in [6, 6.07) is 9.16. The zero-order valence-corrected chi connectivity index (χ0v) is 16.9. The molecule has 0 spiro atoms. The first kappa shape index (κ1) is 20.7. The van der Waals surface area contributed by atoms with Gasteiger partial charge in [-0.25, -0.2) is 4.79 Å². The van der Waals surface area contributed by atoms with E-state index in [1.165, 1.54) is 12.8 Å². The Balaban J connectivity index is 1.73. The number of carbonyl (C=O) groups is 2. The molecule has 0 saturated heterocycles. The molecule has 7 heteroatoms. The van der Waals surface area contributed by atoms with Gasteiger partial charge >= 0.3 is 11.9 Å². The van der Waals surface area contributed by atoms with E-state index in [2.05, 4.69) is 10.6 Å². The topological polar surface area (TPSA) is 96.9 Å². The SMILES string of the molecule is CCOC(=O)C(=O)Nc1cc(C)c(Oc2ccc(O)c(CNC3CC3)c2)c(C)c1. The monoisotopic (exact) mass is 398 g/mol. The van der Waals surface area contributed by atoms with Gasteiger partial charge in [0.2, 0.25) is 0 Å². The van der Waals surface area contributed by atoms with Gasteiger partial charge in [-0.15, -0.1) is 0 Å². The number of phenolic OH excluding ortho intramolecular Hbond substituents is 1. The Morgan fingerprint density at radius 2 is 1.83 bits per heavy atom. The molecule has 3 rings (SSSR count). The summed E-state index contributed by atoms with van der Waals surface area (Å²) in [6.45, 7) is 6.09. The maximum absolute atomic E-state index is 11.8. The van der Waals surface area contributed by atoms with E-state index in [0.29, 0.717) is 29.8 Å². The van der Waals surface area contributed by atoms with Gasteiger partial charge in [-0.2, -0.15) is 0 Å². The van der Waals surface area contributed by atoms with E-state index in [4.69, 9.17) is 9.47 Å². The van der Waals surface area contributed by atoms with Gasteiger partial charge in [0.15, 0.2) is 0 Å². The van der Waals surface area contributed by atoms with Crippen LogP contribution in [0.1, 0.15) is 36.5 Å². The fourth-order valence-corrected chi connectivity index (χ4v) is 2.99. The van der Waals surface area contributed by atoms with Crippen LogP contribution in [-0.4, -0.2) is 29.6 Å². The van der Waals surface area contributed by atoms with Crippen LogP contribution in [0.2, 0.25) is 0 Å². The number of hydrogen-bond acceptors (Lipinski definition) is 6. The molecule has 1 aliphatic rings. The molecule has 0 aliphatic heterocycles. The van der Waals surface area contributed by atoms with Crippen LogP contribution in [0.3, 0.4) is 0 Å². The normalized spacial score (nSPS) is 13.1. The number of ether oxygens (including phenoxy) is 2. The Labute approximate surface area is 170 Å². The lowest BCUT2D eigenvalue weighted by atomic mass is 10.1. The van der Waals surface area contributed by atoms with Gasteiger partial charge in [0.1, 0.15) is 17.2 Å². The van der Waals surface area contributed by atoms with E-state index in [-0.39, 0.29) is 12.4 Å². The highest BCUT2D eigenvalue weighted by Crippen LogP contribution is 2.33. The molecule has 2 aromatic rings. The Morgan fingerprint density at radius 1 is 1.14 bits per heavy atom. The number of esters is 1. The van der Waals surface area contributed by atoms with Crippen LogP contribution in [0, 0.1) is 13.8 Å². The third-order valence-corrected chi connectivity index (χ3v) is 4.61. The second-order valence-electron chi connectivity index (χ2n) is 7.16. The van der Waals surface area contributed by atoms with Gasteiger partial charge in [-0.1, -0.05) is 0 Å². The first-order valence-corrected chi connectivity index (χ1v) is 9.70. The van der Waals surface area contributed by atoms with Crippen molar-refractivity contribution in [1.82, 2.24) is 5.32 Å². The molecule has 0 unspecified atom stereocenters. The summed E-state index contributed by atoms with van der Waals surface area (Å²) in [4.78, 5) is 23.3. The first-order chi connectivity index (χ1) is 13.9. The Morgan fingerprint density at radius 3 is 2.45 bits per heavy atom. The zero-order chi connectivity index (χ0) is 21.0. The Kier molecular flexibility index (Phi) is 6.39. The van der Waals surface area contributed by atoms with Crippen molar-refractivity contribution in [3.8, 4) is 17.2 Å². The number of anilines is 1. The summed E-state index contributed by atoms with van der Waals surface area (Å²) in [5, 5.41) is 16.0. The fourth-order valence-electron chi connectivity index (χ4n) is 2.99. The molecule has 0 atom stereocenters. The van der Waals surface area contributed by atoms with E-state index in [1.54, 1.807) is 31.2 Å². The lowest BCUT2D eigenvalue weighted by Gasteiger charge is -2.15. The summed E-state index contributed by atoms with van der Waals surface area (Å²) in [5.41, 5.74) is 2.87. The number of aryl methyl sites for hydroxylation is 2. The highest BCUT2D eigenvalue weighted by molar-refractivity contribution is 6.37. The molecule has 3 N–H and O–H groups in total. The number of benzene rings is 2. The van der Waals surface area contributed by atoms with Gasteiger partial charge in [0, 0.05) is 23.8 Å². The van der Waals surface area contributed by atoms with Crippen molar-refractivity contribution in [2.24, 2.45) is 0 Å².